The molecule has 1 unspecified atom stereocenters. The van der Waals surface area contributed by atoms with Crippen LogP contribution in [0.4, 0.5) is 0 Å². The number of nitrogens with two attached hydrogens (primary N) is 1. The topological polar surface area (TPSA) is 55.6 Å². The number of rotatable bonds is 7. The first-order chi connectivity index (χ1) is 7.85. The van der Waals surface area contributed by atoms with Gasteiger partial charge in [-0.3, -0.25) is 4.79 Å². The zero-order valence-corrected chi connectivity index (χ0v) is 11.5. The third kappa shape index (κ3) is 5.04. The van der Waals surface area contributed by atoms with Gasteiger partial charge >= 0.3 is 0 Å². The maximum Gasteiger partial charge on any atom is 0.224 e. The minimum Gasteiger partial charge on any atom is -0.383 e. The fourth-order valence-electron chi connectivity index (χ4n) is 2.07. The molecule has 1 fully saturated rings. The smallest absolute Gasteiger partial charge is 0.224 e. The molecule has 2 N–H and O–H groups in total. The van der Waals surface area contributed by atoms with Gasteiger partial charge in [-0.15, -0.1) is 0 Å². The van der Waals surface area contributed by atoms with Crippen molar-refractivity contribution >= 4 is 5.91 Å². The highest BCUT2D eigenvalue weighted by Gasteiger charge is 2.34. The van der Waals surface area contributed by atoms with Crippen LogP contribution < -0.4 is 5.73 Å². The van der Waals surface area contributed by atoms with E-state index in [4.69, 9.17) is 10.5 Å². The second kappa shape index (κ2) is 5.83. The molecule has 0 spiro atoms. The number of methoxy groups -OCH3 is 1. The normalized spacial score (nSPS) is 17.9. The summed E-state index contributed by atoms with van der Waals surface area (Å²) in [7, 11) is 1.66. The molecule has 1 amide bonds. The fourth-order valence-corrected chi connectivity index (χ4v) is 2.07. The Balaban J connectivity index is 2.57. The lowest BCUT2D eigenvalue weighted by Gasteiger charge is -2.31. The van der Waals surface area contributed by atoms with E-state index in [2.05, 4.69) is 6.92 Å². The van der Waals surface area contributed by atoms with E-state index < -0.39 is 5.54 Å². The molecule has 0 heterocycles. The van der Waals surface area contributed by atoms with Crippen LogP contribution in [0.25, 0.3) is 0 Å². The lowest BCUT2D eigenvalue weighted by atomic mass is 10.0. The van der Waals surface area contributed by atoms with E-state index >= 15 is 0 Å². The molecule has 1 aliphatic carbocycles. The molecule has 0 aromatic rings. The maximum absolute atomic E-state index is 12.2. The summed E-state index contributed by atoms with van der Waals surface area (Å²) in [6, 6.07) is 0.319. The molecule has 1 rings (SSSR count). The van der Waals surface area contributed by atoms with Crippen LogP contribution in [0.3, 0.4) is 0 Å². The van der Waals surface area contributed by atoms with E-state index in [9.17, 15) is 4.79 Å². The van der Waals surface area contributed by atoms with Crippen molar-refractivity contribution in [3.05, 3.63) is 0 Å². The summed E-state index contributed by atoms with van der Waals surface area (Å²) in [6.07, 6.45) is 2.88. The number of hydrogen-bond donors (Lipinski definition) is 1. The van der Waals surface area contributed by atoms with Crippen LogP contribution in [0, 0.1) is 5.92 Å². The molecule has 1 atom stereocenters. The molecular formula is C13H26N2O2. The maximum atomic E-state index is 12.2. The molecular weight excluding hydrogens is 216 g/mol. The van der Waals surface area contributed by atoms with Gasteiger partial charge in [-0.05, 0) is 39.5 Å². The zero-order valence-electron chi connectivity index (χ0n) is 11.5. The van der Waals surface area contributed by atoms with Crippen molar-refractivity contribution in [2.24, 2.45) is 11.7 Å². The van der Waals surface area contributed by atoms with Crippen molar-refractivity contribution in [1.29, 1.82) is 0 Å². The molecule has 1 saturated carbocycles. The van der Waals surface area contributed by atoms with Crippen molar-refractivity contribution in [1.82, 2.24) is 4.90 Å². The van der Waals surface area contributed by atoms with Crippen LogP contribution in [0.5, 0.6) is 0 Å². The quantitative estimate of drug-likeness (QED) is 0.734. The van der Waals surface area contributed by atoms with Crippen molar-refractivity contribution in [3.63, 3.8) is 0 Å². The number of nitrogens with zero attached hydrogens (tertiary/aromatic N) is 1. The summed E-state index contributed by atoms with van der Waals surface area (Å²) in [5.41, 5.74) is 5.48. The van der Waals surface area contributed by atoms with Crippen molar-refractivity contribution in [3.8, 4) is 0 Å². The Hall–Kier alpha value is -0.610. The Labute approximate surface area is 104 Å². The van der Waals surface area contributed by atoms with Gasteiger partial charge < -0.3 is 15.4 Å². The van der Waals surface area contributed by atoms with Gasteiger partial charge in [0.1, 0.15) is 0 Å². The summed E-state index contributed by atoms with van der Waals surface area (Å²) in [4.78, 5) is 14.2. The van der Waals surface area contributed by atoms with Crippen LogP contribution in [-0.4, -0.2) is 42.6 Å². The first-order valence-corrected chi connectivity index (χ1v) is 6.42. The highest BCUT2D eigenvalue weighted by atomic mass is 16.5. The molecule has 1 aliphatic rings. The van der Waals surface area contributed by atoms with E-state index in [-0.39, 0.29) is 5.91 Å². The molecule has 4 nitrogen and oxygen atoms in total. The molecule has 0 aromatic carbocycles. The molecule has 0 aromatic heterocycles. The minimum absolute atomic E-state index is 0.147. The number of ether oxygens (including phenoxy) is 1. The van der Waals surface area contributed by atoms with E-state index in [1.165, 1.54) is 12.8 Å². The second-order valence-electron chi connectivity index (χ2n) is 5.82. The van der Waals surface area contributed by atoms with Crippen molar-refractivity contribution in [2.45, 2.75) is 51.6 Å². The third-order valence-electron chi connectivity index (χ3n) is 3.26. The molecule has 0 bridgehead atoms. The van der Waals surface area contributed by atoms with E-state index in [1.807, 2.05) is 18.7 Å². The van der Waals surface area contributed by atoms with Gasteiger partial charge in [0, 0.05) is 31.7 Å². The van der Waals surface area contributed by atoms with Crippen molar-refractivity contribution in [2.75, 3.05) is 20.3 Å². The van der Waals surface area contributed by atoms with Gasteiger partial charge in [-0.25, -0.2) is 0 Å². The molecule has 4 heteroatoms. The van der Waals surface area contributed by atoms with Crippen molar-refractivity contribution < 1.29 is 9.53 Å². The van der Waals surface area contributed by atoms with Gasteiger partial charge in [0.2, 0.25) is 5.91 Å². The van der Waals surface area contributed by atoms with Gasteiger partial charge in [0.05, 0.1) is 6.61 Å². The van der Waals surface area contributed by atoms with Crippen LogP contribution in [0.2, 0.25) is 0 Å². The molecule has 100 valence electrons. The summed E-state index contributed by atoms with van der Waals surface area (Å²) in [6.45, 7) is 7.17. The molecule has 0 aliphatic heterocycles. The Bertz CT molecular complexity index is 257. The highest BCUT2D eigenvalue weighted by molar-refractivity contribution is 5.77. The summed E-state index contributed by atoms with van der Waals surface area (Å²) in [5.74, 6) is 0.825. The van der Waals surface area contributed by atoms with Gasteiger partial charge in [0.25, 0.3) is 0 Å². The molecule has 17 heavy (non-hydrogen) atoms. The minimum atomic E-state index is -0.439. The zero-order chi connectivity index (χ0) is 13.1. The molecule has 0 saturated heterocycles. The first kappa shape index (κ1) is 14.5. The summed E-state index contributed by atoms with van der Waals surface area (Å²) >= 11 is 0. The average Bonchev–Trinajstić information content (AvgIpc) is 2.98. The van der Waals surface area contributed by atoms with E-state index in [0.29, 0.717) is 31.5 Å². The van der Waals surface area contributed by atoms with Crippen LogP contribution in [-0.2, 0) is 9.53 Å². The lowest BCUT2D eigenvalue weighted by molar-refractivity contribution is -0.135. The third-order valence-corrected chi connectivity index (χ3v) is 3.26. The average molecular weight is 242 g/mol. The predicted octanol–water partition coefficient (Wildman–Crippen LogP) is 1.39. The highest BCUT2D eigenvalue weighted by Crippen LogP contribution is 2.35. The Kier molecular flexibility index (Phi) is 4.95. The number of amides is 1. The Morgan fingerprint density at radius 3 is 2.53 bits per heavy atom. The fraction of sp³-hybridized carbons (Fsp3) is 0.923. The largest absolute Gasteiger partial charge is 0.383 e. The van der Waals surface area contributed by atoms with Crippen LogP contribution >= 0.6 is 0 Å². The second-order valence-corrected chi connectivity index (χ2v) is 5.82. The van der Waals surface area contributed by atoms with E-state index in [0.717, 1.165) is 0 Å². The molecule has 0 radical (unpaired) electrons. The number of carbonyl (C=O) groups is 1. The summed E-state index contributed by atoms with van der Waals surface area (Å²) in [5, 5.41) is 0. The first-order valence-electron chi connectivity index (χ1n) is 6.42. The number of hydrogen-bond acceptors (Lipinski definition) is 3. The Morgan fingerprint density at radius 2 is 2.12 bits per heavy atom. The lowest BCUT2D eigenvalue weighted by Crippen LogP contribution is -2.46. The standard InChI is InChI=1S/C13H26N2O2/c1-10(11-5-6-11)15(7-8-17-4)12(16)9-13(2,3)14/h10-11H,5-9,14H2,1-4H3. The SMILES string of the molecule is COCCN(C(=O)CC(C)(C)N)C(C)C1CC1. The number of carbonyl (C=O) groups excluding carboxylic acids is 1. The van der Waals surface area contributed by atoms with E-state index in [1.54, 1.807) is 7.11 Å². The predicted molar refractivity (Wildman–Crippen MR) is 68.7 cm³/mol. The van der Waals surface area contributed by atoms with Gasteiger partial charge in [-0.2, -0.15) is 0 Å². The van der Waals surface area contributed by atoms with Crippen LogP contribution in [0.1, 0.15) is 40.0 Å². The monoisotopic (exact) mass is 242 g/mol. The van der Waals surface area contributed by atoms with Gasteiger partial charge in [0.15, 0.2) is 0 Å². The van der Waals surface area contributed by atoms with Crippen LogP contribution in [0.15, 0.2) is 0 Å². The summed E-state index contributed by atoms with van der Waals surface area (Å²) < 4.78 is 5.08. The Morgan fingerprint density at radius 1 is 1.53 bits per heavy atom. The van der Waals surface area contributed by atoms with Gasteiger partial charge in [-0.1, -0.05) is 0 Å².